The van der Waals surface area contributed by atoms with E-state index in [1.807, 2.05) is 24.3 Å². The van der Waals surface area contributed by atoms with E-state index < -0.39 is 0 Å². The molecule has 0 amide bonds. The van der Waals surface area contributed by atoms with Crippen LogP contribution in [-0.2, 0) is 0 Å². The number of hydrogen-bond donors (Lipinski definition) is 1. The second kappa shape index (κ2) is 6.34. The summed E-state index contributed by atoms with van der Waals surface area (Å²) in [6.45, 7) is 0. The van der Waals surface area contributed by atoms with Crippen LogP contribution in [0.25, 0.3) is 22.3 Å². The van der Waals surface area contributed by atoms with Crippen molar-refractivity contribution in [2.75, 3.05) is 5.73 Å². The number of nitrogens with zero attached hydrogens (tertiary/aromatic N) is 1. The lowest BCUT2D eigenvalue weighted by atomic mass is 9.94. The van der Waals surface area contributed by atoms with Crippen LogP contribution in [0.2, 0.25) is 10.0 Å². The fourth-order valence-corrected chi connectivity index (χ4v) is 2.71. The van der Waals surface area contributed by atoms with Gasteiger partial charge >= 0.3 is 0 Å². The van der Waals surface area contributed by atoms with Crippen molar-refractivity contribution in [3.05, 3.63) is 76.3 Å². The molecule has 2 N–H and O–H groups in total. The Morgan fingerprint density at radius 3 is 1.48 bits per heavy atom. The van der Waals surface area contributed by atoms with Gasteiger partial charge in [0, 0.05) is 26.9 Å². The number of rotatable bonds is 2. The summed E-state index contributed by atoms with van der Waals surface area (Å²) in [5, 5.41) is 10.6. The molecule has 0 saturated heterocycles. The number of anilines is 1. The van der Waals surface area contributed by atoms with Gasteiger partial charge in [-0.05, 0) is 47.5 Å². The molecule has 0 unspecified atom stereocenters. The molecule has 4 heteroatoms. The summed E-state index contributed by atoms with van der Waals surface area (Å²) in [5.74, 6) is 0. The molecule has 0 bridgehead atoms. The third kappa shape index (κ3) is 3.17. The van der Waals surface area contributed by atoms with E-state index in [2.05, 4.69) is 6.07 Å². The highest BCUT2D eigenvalue weighted by atomic mass is 35.5. The first kappa shape index (κ1) is 15.4. The van der Waals surface area contributed by atoms with Gasteiger partial charge in [0.25, 0.3) is 0 Å². The minimum atomic E-state index is 0.550. The summed E-state index contributed by atoms with van der Waals surface area (Å²) in [4.78, 5) is 0. The lowest BCUT2D eigenvalue weighted by Crippen LogP contribution is -1.96. The molecule has 0 saturated carbocycles. The van der Waals surface area contributed by atoms with Crippen LogP contribution >= 0.6 is 23.2 Å². The summed E-state index contributed by atoms with van der Waals surface area (Å²) < 4.78 is 0. The first-order chi connectivity index (χ1) is 11.1. The van der Waals surface area contributed by atoms with Gasteiger partial charge in [-0.1, -0.05) is 47.5 Å². The molecule has 3 rings (SSSR count). The van der Waals surface area contributed by atoms with Crippen molar-refractivity contribution in [2.24, 2.45) is 0 Å². The Labute approximate surface area is 144 Å². The van der Waals surface area contributed by atoms with Crippen LogP contribution in [0, 0.1) is 11.3 Å². The molecule has 0 atom stereocenters. The maximum Gasteiger partial charge on any atom is 0.0992 e. The van der Waals surface area contributed by atoms with Gasteiger partial charge in [-0.15, -0.1) is 0 Å². The molecule has 0 aliphatic heterocycles. The molecule has 0 fully saturated rings. The largest absolute Gasteiger partial charge is 0.398 e. The fraction of sp³-hybridized carbons (Fsp3) is 0. The molecule has 0 aromatic heterocycles. The average molecular weight is 339 g/mol. The number of nitrogens with two attached hydrogens (primary N) is 1. The molecule has 23 heavy (non-hydrogen) atoms. The molecule has 112 valence electrons. The van der Waals surface area contributed by atoms with Gasteiger partial charge in [0.05, 0.1) is 11.6 Å². The number of halogens is 2. The van der Waals surface area contributed by atoms with E-state index in [1.165, 1.54) is 0 Å². The predicted octanol–water partition coefficient (Wildman–Crippen LogP) is 5.78. The summed E-state index contributed by atoms with van der Waals surface area (Å²) in [5.41, 5.74) is 11.0. The second-order valence-electron chi connectivity index (χ2n) is 5.11. The lowest BCUT2D eigenvalue weighted by Gasteiger charge is -2.13. The van der Waals surface area contributed by atoms with E-state index in [9.17, 15) is 5.26 Å². The summed E-state index contributed by atoms with van der Waals surface area (Å²) in [7, 11) is 0. The van der Waals surface area contributed by atoms with Gasteiger partial charge in [0.2, 0.25) is 0 Å². The summed E-state index contributed by atoms with van der Waals surface area (Å²) in [6.07, 6.45) is 0. The Hall–Kier alpha value is -2.47. The van der Waals surface area contributed by atoms with Gasteiger partial charge in [0.15, 0.2) is 0 Å². The normalized spacial score (nSPS) is 10.3. The quantitative estimate of drug-likeness (QED) is 0.602. The average Bonchev–Trinajstić information content (AvgIpc) is 2.57. The van der Waals surface area contributed by atoms with Crippen molar-refractivity contribution in [1.82, 2.24) is 0 Å². The number of nitriles is 1. The van der Waals surface area contributed by atoms with Crippen LogP contribution in [0.15, 0.2) is 60.7 Å². The third-order valence-corrected chi connectivity index (χ3v) is 4.12. The second-order valence-corrected chi connectivity index (χ2v) is 5.98. The number of nitrogen functional groups attached to an aromatic ring is 1. The molecule has 2 nitrogen and oxygen atoms in total. The fourth-order valence-electron chi connectivity index (χ4n) is 2.45. The zero-order chi connectivity index (χ0) is 16.4. The van der Waals surface area contributed by atoms with E-state index in [0.29, 0.717) is 21.3 Å². The zero-order valence-corrected chi connectivity index (χ0v) is 13.6. The van der Waals surface area contributed by atoms with Crippen LogP contribution < -0.4 is 5.73 Å². The molecule has 0 aliphatic carbocycles. The van der Waals surface area contributed by atoms with Crippen LogP contribution in [0.3, 0.4) is 0 Å². The Balaban J connectivity index is 2.21. The Kier molecular flexibility index (Phi) is 4.25. The Morgan fingerprint density at radius 1 is 0.739 bits per heavy atom. The third-order valence-electron chi connectivity index (χ3n) is 3.62. The zero-order valence-electron chi connectivity index (χ0n) is 12.1. The summed E-state index contributed by atoms with van der Waals surface area (Å²) >= 11 is 11.9. The monoisotopic (exact) mass is 338 g/mol. The maximum atomic E-state index is 9.33. The van der Waals surface area contributed by atoms with Gasteiger partial charge in [-0.25, -0.2) is 0 Å². The van der Waals surface area contributed by atoms with Crippen molar-refractivity contribution in [2.45, 2.75) is 0 Å². The van der Waals surface area contributed by atoms with Crippen molar-refractivity contribution in [3.8, 4) is 28.3 Å². The van der Waals surface area contributed by atoms with Crippen LogP contribution in [-0.4, -0.2) is 0 Å². The molecule has 3 aromatic carbocycles. The van der Waals surface area contributed by atoms with E-state index in [-0.39, 0.29) is 0 Å². The van der Waals surface area contributed by atoms with E-state index in [1.54, 1.807) is 36.4 Å². The predicted molar refractivity (Wildman–Crippen MR) is 96.5 cm³/mol. The summed E-state index contributed by atoms with van der Waals surface area (Å²) in [6, 6.07) is 20.5. The van der Waals surface area contributed by atoms with Crippen molar-refractivity contribution in [1.29, 1.82) is 5.26 Å². The smallest absolute Gasteiger partial charge is 0.0992 e. The van der Waals surface area contributed by atoms with E-state index in [4.69, 9.17) is 28.9 Å². The first-order valence-corrected chi connectivity index (χ1v) is 7.69. The molecular weight excluding hydrogens is 327 g/mol. The van der Waals surface area contributed by atoms with Crippen LogP contribution in [0.4, 0.5) is 5.69 Å². The van der Waals surface area contributed by atoms with Gasteiger partial charge in [-0.3, -0.25) is 0 Å². The topological polar surface area (TPSA) is 49.8 Å². The van der Waals surface area contributed by atoms with Gasteiger partial charge in [-0.2, -0.15) is 5.26 Å². The van der Waals surface area contributed by atoms with Gasteiger partial charge < -0.3 is 5.73 Å². The highest BCUT2D eigenvalue weighted by Gasteiger charge is 2.12. The standard InChI is InChI=1S/C19H12Cl2N2/c20-15-5-1-13(2-6-15)17-9-12(11-22)10-18(19(17)23)14-3-7-16(21)8-4-14/h1-10H,23H2. The molecule has 3 aromatic rings. The number of hydrogen-bond acceptors (Lipinski definition) is 2. The SMILES string of the molecule is N#Cc1cc(-c2ccc(Cl)cc2)c(N)c(-c2ccc(Cl)cc2)c1. The first-order valence-electron chi connectivity index (χ1n) is 6.94. The molecule has 0 heterocycles. The van der Waals surface area contributed by atoms with Crippen molar-refractivity contribution >= 4 is 28.9 Å². The lowest BCUT2D eigenvalue weighted by molar-refractivity contribution is 1.48. The van der Waals surface area contributed by atoms with E-state index in [0.717, 1.165) is 22.3 Å². The minimum absolute atomic E-state index is 0.550. The highest BCUT2D eigenvalue weighted by Crippen LogP contribution is 2.36. The van der Waals surface area contributed by atoms with Crippen molar-refractivity contribution in [3.63, 3.8) is 0 Å². The van der Waals surface area contributed by atoms with Crippen LogP contribution in [0.1, 0.15) is 5.56 Å². The van der Waals surface area contributed by atoms with Crippen molar-refractivity contribution < 1.29 is 0 Å². The molecule has 0 radical (unpaired) electrons. The molecule has 0 spiro atoms. The highest BCUT2D eigenvalue weighted by molar-refractivity contribution is 6.31. The maximum absolute atomic E-state index is 9.33. The Bertz CT molecular complexity index is 826. The van der Waals surface area contributed by atoms with Gasteiger partial charge in [0.1, 0.15) is 0 Å². The van der Waals surface area contributed by atoms with Crippen LogP contribution in [0.5, 0.6) is 0 Å². The van der Waals surface area contributed by atoms with E-state index >= 15 is 0 Å². The number of benzene rings is 3. The molecule has 0 aliphatic rings. The minimum Gasteiger partial charge on any atom is -0.398 e. The molecular formula is C19H12Cl2N2. The Morgan fingerprint density at radius 2 is 1.13 bits per heavy atom.